The number of carbonyl (C=O) groups excluding carboxylic acids is 1. The van der Waals surface area contributed by atoms with Crippen molar-refractivity contribution in [1.29, 1.82) is 5.26 Å². The summed E-state index contributed by atoms with van der Waals surface area (Å²) in [5.41, 5.74) is 0.502. The fourth-order valence-electron chi connectivity index (χ4n) is 2.51. The maximum atomic E-state index is 12.2. The summed E-state index contributed by atoms with van der Waals surface area (Å²) in [6.07, 6.45) is 3.66. The first-order valence-electron chi connectivity index (χ1n) is 7.33. The summed E-state index contributed by atoms with van der Waals surface area (Å²) < 4.78 is 7.56. The molecule has 8 heteroatoms. The van der Waals surface area contributed by atoms with Crippen molar-refractivity contribution < 1.29 is 9.53 Å². The number of rotatable bonds is 5. The first-order valence-corrected chi connectivity index (χ1v) is 8.21. The number of hydrogen-bond donors (Lipinski definition) is 1. The first-order chi connectivity index (χ1) is 11.2. The monoisotopic (exact) mass is 331 g/mol. The molecule has 120 valence electrons. The second-order valence-corrected chi connectivity index (χ2v) is 6.20. The fourth-order valence-corrected chi connectivity index (χ4v) is 3.27. The van der Waals surface area contributed by atoms with Gasteiger partial charge in [0.05, 0.1) is 31.4 Å². The molecule has 1 amide bonds. The fraction of sp³-hybridized carbons (Fsp3) is 0.400. The van der Waals surface area contributed by atoms with Crippen LogP contribution < -0.4 is 5.32 Å². The standard InChI is InChI=1S/C15H17N5O2S/c16-8-12-2-7-23-15(12)18-14(21)11-19-5-6-22-13(9-19)10-20-4-1-3-17-20/h1-4,7,13H,5-6,9-11H2,(H,18,21). The molecule has 1 unspecified atom stereocenters. The van der Waals surface area contributed by atoms with E-state index in [9.17, 15) is 4.79 Å². The Labute approximate surface area is 138 Å². The molecular formula is C15H17N5O2S. The van der Waals surface area contributed by atoms with Gasteiger partial charge in [-0.05, 0) is 17.5 Å². The van der Waals surface area contributed by atoms with Gasteiger partial charge in [-0.3, -0.25) is 14.4 Å². The molecule has 0 bridgehead atoms. The van der Waals surface area contributed by atoms with Gasteiger partial charge in [0.25, 0.3) is 0 Å². The van der Waals surface area contributed by atoms with Crippen molar-refractivity contribution in [2.75, 3.05) is 31.6 Å². The van der Waals surface area contributed by atoms with Gasteiger partial charge in [0.15, 0.2) is 0 Å². The summed E-state index contributed by atoms with van der Waals surface area (Å²) >= 11 is 1.36. The molecular weight excluding hydrogens is 314 g/mol. The van der Waals surface area contributed by atoms with E-state index in [1.807, 2.05) is 16.9 Å². The van der Waals surface area contributed by atoms with Crippen LogP contribution >= 0.6 is 11.3 Å². The van der Waals surface area contributed by atoms with Crippen LogP contribution in [-0.2, 0) is 16.1 Å². The quantitative estimate of drug-likeness (QED) is 0.889. The summed E-state index contributed by atoms with van der Waals surface area (Å²) in [6, 6.07) is 5.65. The number of ether oxygens (including phenoxy) is 1. The lowest BCUT2D eigenvalue weighted by Gasteiger charge is -2.32. The molecule has 0 aromatic carbocycles. The molecule has 23 heavy (non-hydrogen) atoms. The maximum absolute atomic E-state index is 12.2. The number of morpholine rings is 1. The molecule has 3 heterocycles. The van der Waals surface area contributed by atoms with Crippen molar-refractivity contribution in [1.82, 2.24) is 14.7 Å². The second kappa shape index (κ2) is 7.37. The molecule has 1 atom stereocenters. The number of nitriles is 1. The number of anilines is 1. The van der Waals surface area contributed by atoms with Crippen molar-refractivity contribution in [2.45, 2.75) is 12.6 Å². The Hall–Kier alpha value is -2.21. The molecule has 1 aliphatic heterocycles. The van der Waals surface area contributed by atoms with Crippen LogP contribution in [0.2, 0.25) is 0 Å². The number of hydrogen-bond acceptors (Lipinski definition) is 6. The zero-order chi connectivity index (χ0) is 16.1. The Morgan fingerprint density at radius 3 is 3.30 bits per heavy atom. The van der Waals surface area contributed by atoms with E-state index in [0.717, 1.165) is 6.54 Å². The normalized spacial score (nSPS) is 18.5. The lowest BCUT2D eigenvalue weighted by molar-refractivity contribution is -0.119. The summed E-state index contributed by atoms with van der Waals surface area (Å²) in [5.74, 6) is -0.108. The lowest BCUT2D eigenvalue weighted by atomic mass is 10.2. The SMILES string of the molecule is N#Cc1ccsc1NC(=O)CN1CCOC(Cn2cccn2)C1. The predicted octanol–water partition coefficient (Wildman–Crippen LogP) is 1.16. The van der Waals surface area contributed by atoms with E-state index in [4.69, 9.17) is 10.00 Å². The van der Waals surface area contributed by atoms with E-state index < -0.39 is 0 Å². The van der Waals surface area contributed by atoms with E-state index in [2.05, 4.69) is 21.4 Å². The Morgan fingerprint density at radius 1 is 1.61 bits per heavy atom. The average Bonchev–Trinajstić information content (AvgIpc) is 3.19. The van der Waals surface area contributed by atoms with Gasteiger partial charge >= 0.3 is 0 Å². The van der Waals surface area contributed by atoms with Gasteiger partial charge in [0.1, 0.15) is 11.1 Å². The van der Waals surface area contributed by atoms with Crippen LogP contribution in [0.4, 0.5) is 5.00 Å². The molecule has 0 saturated carbocycles. The minimum absolute atomic E-state index is 0.0212. The molecule has 2 aromatic heterocycles. The Balaban J connectivity index is 1.51. The van der Waals surface area contributed by atoms with Gasteiger partial charge in [0.2, 0.25) is 5.91 Å². The van der Waals surface area contributed by atoms with Crippen LogP contribution in [-0.4, -0.2) is 52.9 Å². The third-order valence-electron chi connectivity index (χ3n) is 3.58. The van der Waals surface area contributed by atoms with Crippen molar-refractivity contribution >= 4 is 22.2 Å². The van der Waals surface area contributed by atoms with Crippen LogP contribution in [0.1, 0.15) is 5.56 Å². The Kier molecular flexibility index (Phi) is 5.02. The Morgan fingerprint density at radius 2 is 2.52 bits per heavy atom. The van der Waals surface area contributed by atoms with Crippen molar-refractivity contribution in [3.8, 4) is 6.07 Å². The Bertz CT molecular complexity index is 691. The highest BCUT2D eigenvalue weighted by atomic mass is 32.1. The molecule has 0 aliphatic carbocycles. The van der Waals surface area contributed by atoms with Gasteiger partial charge in [-0.1, -0.05) is 0 Å². The van der Waals surface area contributed by atoms with E-state index in [1.165, 1.54) is 11.3 Å². The van der Waals surface area contributed by atoms with Gasteiger partial charge in [0, 0.05) is 25.5 Å². The van der Waals surface area contributed by atoms with E-state index in [0.29, 0.717) is 36.8 Å². The zero-order valence-corrected chi connectivity index (χ0v) is 13.3. The summed E-state index contributed by atoms with van der Waals surface area (Å²) in [5, 5.41) is 18.4. The number of carbonyl (C=O) groups is 1. The lowest BCUT2D eigenvalue weighted by Crippen LogP contribution is -2.47. The van der Waals surface area contributed by atoms with Crippen LogP contribution in [0.15, 0.2) is 29.9 Å². The van der Waals surface area contributed by atoms with Gasteiger partial charge in [-0.2, -0.15) is 10.4 Å². The highest BCUT2D eigenvalue weighted by Gasteiger charge is 2.23. The third-order valence-corrected chi connectivity index (χ3v) is 4.41. The number of nitrogens with zero attached hydrogens (tertiary/aromatic N) is 4. The molecule has 1 saturated heterocycles. The predicted molar refractivity (Wildman–Crippen MR) is 86.1 cm³/mol. The van der Waals surface area contributed by atoms with Crippen molar-refractivity contribution in [3.63, 3.8) is 0 Å². The van der Waals surface area contributed by atoms with Crippen molar-refractivity contribution in [2.24, 2.45) is 0 Å². The van der Waals surface area contributed by atoms with Crippen LogP contribution in [0.25, 0.3) is 0 Å². The molecule has 1 N–H and O–H groups in total. The minimum atomic E-state index is -0.108. The van der Waals surface area contributed by atoms with Crippen LogP contribution in [0, 0.1) is 11.3 Å². The molecule has 0 spiro atoms. The van der Waals surface area contributed by atoms with Crippen LogP contribution in [0.5, 0.6) is 0 Å². The minimum Gasteiger partial charge on any atom is -0.374 e. The topological polar surface area (TPSA) is 83.2 Å². The highest BCUT2D eigenvalue weighted by Crippen LogP contribution is 2.22. The molecule has 7 nitrogen and oxygen atoms in total. The van der Waals surface area contributed by atoms with Gasteiger partial charge < -0.3 is 10.1 Å². The molecule has 1 fully saturated rings. The zero-order valence-electron chi connectivity index (χ0n) is 12.5. The van der Waals surface area contributed by atoms with E-state index in [1.54, 1.807) is 17.6 Å². The van der Waals surface area contributed by atoms with Gasteiger partial charge in [-0.15, -0.1) is 11.3 Å². The molecule has 2 aromatic rings. The largest absolute Gasteiger partial charge is 0.374 e. The summed E-state index contributed by atoms with van der Waals surface area (Å²) in [4.78, 5) is 14.2. The smallest absolute Gasteiger partial charge is 0.239 e. The number of amides is 1. The van der Waals surface area contributed by atoms with Gasteiger partial charge in [-0.25, -0.2) is 0 Å². The molecule has 1 aliphatic rings. The molecule has 3 rings (SSSR count). The number of thiophene rings is 1. The summed E-state index contributed by atoms with van der Waals surface area (Å²) in [7, 11) is 0. The molecule has 0 radical (unpaired) electrons. The highest BCUT2D eigenvalue weighted by molar-refractivity contribution is 7.14. The number of nitrogens with one attached hydrogen (secondary N) is 1. The second-order valence-electron chi connectivity index (χ2n) is 5.28. The first kappa shape index (κ1) is 15.7. The summed E-state index contributed by atoms with van der Waals surface area (Å²) in [6.45, 7) is 2.97. The van der Waals surface area contributed by atoms with Crippen molar-refractivity contribution in [3.05, 3.63) is 35.5 Å². The number of aromatic nitrogens is 2. The van der Waals surface area contributed by atoms with Crippen LogP contribution in [0.3, 0.4) is 0 Å². The maximum Gasteiger partial charge on any atom is 0.239 e. The third kappa shape index (κ3) is 4.16. The van der Waals surface area contributed by atoms with E-state index in [-0.39, 0.29) is 12.0 Å². The average molecular weight is 331 g/mol. The van der Waals surface area contributed by atoms with E-state index >= 15 is 0 Å².